The van der Waals surface area contributed by atoms with Crippen LogP contribution in [0.3, 0.4) is 0 Å². The molecule has 0 radical (unpaired) electrons. The molecule has 7 nitrogen and oxygen atoms in total. The molecule has 1 aliphatic carbocycles. The summed E-state index contributed by atoms with van der Waals surface area (Å²) in [7, 11) is 0. The summed E-state index contributed by atoms with van der Waals surface area (Å²) < 4.78 is 0. The Hall–Kier alpha value is -1.92. The standard InChI is InChI=1S/C17H25N3O4/c21-14-6-7-15(22)19(14)9-3-8-18-17(24)12-10-16(23)20(11-12)13-4-1-2-5-13/h12-13H,1-11H2,(H,18,24)/t12-/m0/s1. The van der Waals surface area contributed by atoms with Crippen LogP contribution in [-0.2, 0) is 19.2 Å². The van der Waals surface area contributed by atoms with E-state index < -0.39 is 0 Å². The van der Waals surface area contributed by atoms with E-state index in [2.05, 4.69) is 5.32 Å². The number of nitrogens with zero attached hydrogens (tertiary/aromatic N) is 2. The largest absolute Gasteiger partial charge is 0.356 e. The number of carbonyl (C=O) groups excluding carboxylic acids is 4. The molecule has 0 unspecified atom stereocenters. The fourth-order valence-electron chi connectivity index (χ4n) is 3.94. The molecule has 0 aromatic carbocycles. The number of hydrogen-bond donors (Lipinski definition) is 1. The lowest BCUT2D eigenvalue weighted by atomic mass is 10.1. The van der Waals surface area contributed by atoms with E-state index in [0.717, 1.165) is 12.8 Å². The highest BCUT2D eigenvalue weighted by molar-refractivity contribution is 6.01. The Morgan fingerprint density at radius 1 is 1.04 bits per heavy atom. The van der Waals surface area contributed by atoms with E-state index in [1.807, 2.05) is 4.90 Å². The molecular formula is C17H25N3O4. The first-order valence-electron chi connectivity index (χ1n) is 8.96. The molecule has 24 heavy (non-hydrogen) atoms. The van der Waals surface area contributed by atoms with E-state index in [-0.39, 0.29) is 29.5 Å². The fourth-order valence-corrected chi connectivity index (χ4v) is 3.94. The zero-order chi connectivity index (χ0) is 17.1. The molecule has 1 atom stereocenters. The number of nitrogens with one attached hydrogen (secondary N) is 1. The van der Waals surface area contributed by atoms with Crippen LogP contribution in [0, 0.1) is 5.92 Å². The van der Waals surface area contributed by atoms with Crippen molar-refractivity contribution >= 4 is 23.6 Å². The van der Waals surface area contributed by atoms with E-state index in [9.17, 15) is 19.2 Å². The van der Waals surface area contributed by atoms with Crippen molar-refractivity contribution in [2.45, 2.75) is 57.4 Å². The minimum absolute atomic E-state index is 0.0929. The third kappa shape index (κ3) is 3.60. The van der Waals surface area contributed by atoms with E-state index in [1.54, 1.807) is 0 Å². The maximum absolute atomic E-state index is 12.2. The molecule has 0 aromatic heterocycles. The van der Waals surface area contributed by atoms with Gasteiger partial charge in [0.05, 0.1) is 5.92 Å². The van der Waals surface area contributed by atoms with Crippen LogP contribution in [0.1, 0.15) is 51.4 Å². The molecule has 3 aliphatic rings. The van der Waals surface area contributed by atoms with Crippen molar-refractivity contribution < 1.29 is 19.2 Å². The predicted molar refractivity (Wildman–Crippen MR) is 85.7 cm³/mol. The van der Waals surface area contributed by atoms with Gasteiger partial charge in [-0.1, -0.05) is 12.8 Å². The highest BCUT2D eigenvalue weighted by Gasteiger charge is 2.38. The average Bonchev–Trinajstić information content (AvgIpc) is 3.26. The number of carbonyl (C=O) groups is 4. The van der Waals surface area contributed by atoms with E-state index in [0.29, 0.717) is 51.4 Å². The number of amides is 4. The zero-order valence-electron chi connectivity index (χ0n) is 14.0. The SMILES string of the molecule is O=C(NCCCN1C(=O)CCC1=O)[C@H]1CC(=O)N(C2CCCC2)C1. The number of likely N-dealkylation sites (tertiary alicyclic amines) is 2. The van der Waals surface area contributed by atoms with E-state index >= 15 is 0 Å². The third-order valence-corrected chi connectivity index (χ3v) is 5.31. The summed E-state index contributed by atoms with van der Waals surface area (Å²) in [6, 6.07) is 0.322. The van der Waals surface area contributed by atoms with Crippen molar-refractivity contribution in [1.29, 1.82) is 0 Å². The molecule has 132 valence electrons. The van der Waals surface area contributed by atoms with Gasteiger partial charge in [-0.3, -0.25) is 24.1 Å². The fraction of sp³-hybridized carbons (Fsp3) is 0.765. The molecule has 0 spiro atoms. The van der Waals surface area contributed by atoms with Crippen LogP contribution >= 0.6 is 0 Å². The Kier molecular flexibility index (Phi) is 5.16. The van der Waals surface area contributed by atoms with Crippen LogP contribution in [0.15, 0.2) is 0 Å². The van der Waals surface area contributed by atoms with Crippen molar-refractivity contribution in [1.82, 2.24) is 15.1 Å². The van der Waals surface area contributed by atoms with Gasteiger partial charge in [0.15, 0.2) is 0 Å². The van der Waals surface area contributed by atoms with Crippen molar-refractivity contribution in [3.63, 3.8) is 0 Å². The van der Waals surface area contributed by atoms with E-state index in [1.165, 1.54) is 17.7 Å². The Morgan fingerprint density at radius 2 is 1.71 bits per heavy atom. The van der Waals surface area contributed by atoms with Gasteiger partial charge in [0, 0.05) is 44.9 Å². The molecule has 2 aliphatic heterocycles. The van der Waals surface area contributed by atoms with Gasteiger partial charge < -0.3 is 10.2 Å². The lowest BCUT2D eigenvalue weighted by molar-refractivity contribution is -0.138. The quantitative estimate of drug-likeness (QED) is 0.563. The Bertz CT molecular complexity index is 526. The van der Waals surface area contributed by atoms with Crippen LogP contribution in [0.5, 0.6) is 0 Å². The normalized spacial score (nSPS) is 25.2. The minimum atomic E-state index is -0.270. The molecular weight excluding hydrogens is 310 g/mol. The average molecular weight is 335 g/mol. The van der Waals surface area contributed by atoms with Crippen molar-refractivity contribution in [2.75, 3.05) is 19.6 Å². The maximum Gasteiger partial charge on any atom is 0.229 e. The smallest absolute Gasteiger partial charge is 0.229 e. The van der Waals surface area contributed by atoms with Gasteiger partial charge in [-0.2, -0.15) is 0 Å². The van der Waals surface area contributed by atoms with Crippen molar-refractivity contribution in [3.05, 3.63) is 0 Å². The maximum atomic E-state index is 12.2. The third-order valence-electron chi connectivity index (χ3n) is 5.31. The first-order chi connectivity index (χ1) is 11.6. The van der Waals surface area contributed by atoms with E-state index in [4.69, 9.17) is 0 Å². The molecule has 7 heteroatoms. The number of rotatable bonds is 6. The topological polar surface area (TPSA) is 86.8 Å². The lowest BCUT2D eigenvalue weighted by Gasteiger charge is -2.23. The molecule has 3 fully saturated rings. The van der Waals surface area contributed by atoms with Gasteiger partial charge >= 0.3 is 0 Å². The Labute approximate surface area is 141 Å². The summed E-state index contributed by atoms with van der Waals surface area (Å²) in [5.41, 5.74) is 0. The summed E-state index contributed by atoms with van der Waals surface area (Å²) in [5.74, 6) is -0.522. The van der Waals surface area contributed by atoms with Crippen LogP contribution in [0.2, 0.25) is 0 Å². The van der Waals surface area contributed by atoms with Crippen molar-refractivity contribution in [2.24, 2.45) is 5.92 Å². The lowest BCUT2D eigenvalue weighted by Crippen LogP contribution is -2.38. The highest BCUT2D eigenvalue weighted by atomic mass is 16.2. The summed E-state index contributed by atoms with van der Waals surface area (Å²) >= 11 is 0. The van der Waals surface area contributed by atoms with Gasteiger partial charge in [0.1, 0.15) is 0 Å². The second kappa shape index (κ2) is 7.32. The first-order valence-corrected chi connectivity index (χ1v) is 8.96. The van der Waals surface area contributed by atoms with Crippen molar-refractivity contribution in [3.8, 4) is 0 Å². The zero-order valence-corrected chi connectivity index (χ0v) is 14.0. The number of hydrogen-bond acceptors (Lipinski definition) is 4. The van der Waals surface area contributed by atoms with Crippen LogP contribution < -0.4 is 5.32 Å². The van der Waals surface area contributed by atoms with Gasteiger partial charge in [-0.05, 0) is 19.3 Å². The predicted octanol–water partition coefficient (Wildman–Crippen LogP) is 0.433. The molecule has 2 heterocycles. The highest BCUT2D eigenvalue weighted by Crippen LogP contribution is 2.29. The summed E-state index contributed by atoms with van der Waals surface area (Å²) in [6.07, 6.45) is 5.88. The van der Waals surface area contributed by atoms with Crippen LogP contribution in [0.4, 0.5) is 0 Å². The Balaban J connectivity index is 1.38. The van der Waals surface area contributed by atoms with Gasteiger partial charge in [0.25, 0.3) is 0 Å². The van der Waals surface area contributed by atoms with Crippen LogP contribution in [-0.4, -0.2) is 59.1 Å². The molecule has 3 rings (SSSR count). The molecule has 1 N–H and O–H groups in total. The Morgan fingerprint density at radius 3 is 2.38 bits per heavy atom. The second-order valence-electron chi connectivity index (χ2n) is 6.97. The number of imide groups is 1. The second-order valence-corrected chi connectivity index (χ2v) is 6.97. The minimum Gasteiger partial charge on any atom is -0.356 e. The molecule has 0 bridgehead atoms. The van der Waals surface area contributed by atoms with Gasteiger partial charge in [0.2, 0.25) is 23.6 Å². The molecule has 4 amide bonds. The molecule has 0 aromatic rings. The van der Waals surface area contributed by atoms with Crippen LogP contribution in [0.25, 0.3) is 0 Å². The molecule has 2 saturated heterocycles. The monoisotopic (exact) mass is 335 g/mol. The van der Waals surface area contributed by atoms with Gasteiger partial charge in [-0.15, -0.1) is 0 Å². The summed E-state index contributed by atoms with van der Waals surface area (Å²) in [5, 5.41) is 2.84. The molecule has 1 saturated carbocycles. The summed E-state index contributed by atoms with van der Waals surface area (Å²) in [4.78, 5) is 50.5. The first kappa shape index (κ1) is 16.9. The van der Waals surface area contributed by atoms with Gasteiger partial charge in [-0.25, -0.2) is 0 Å². The summed E-state index contributed by atoms with van der Waals surface area (Å²) in [6.45, 7) is 1.30.